The highest BCUT2D eigenvalue weighted by atomic mass is 16.5. The van der Waals surface area contributed by atoms with E-state index >= 15 is 0 Å². The zero-order valence-electron chi connectivity index (χ0n) is 9.56. The van der Waals surface area contributed by atoms with E-state index in [1.165, 1.54) is 13.3 Å². The molecular formula is C12H12N2O3. The van der Waals surface area contributed by atoms with Gasteiger partial charge in [-0.3, -0.25) is 4.79 Å². The summed E-state index contributed by atoms with van der Waals surface area (Å²) in [4.78, 5) is 10.4. The van der Waals surface area contributed by atoms with Crippen molar-refractivity contribution in [2.75, 3.05) is 19.5 Å². The number of benzene rings is 1. The molecule has 0 fully saturated rings. The fourth-order valence-corrected chi connectivity index (χ4v) is 1.18. The third kappa shape index (κ3) is 3.24. The number of hydrogen-bond donors (Lipinski definition) is 1. The van der Waals surface area contributed by atoms with Crippen LogP contribution in [-0.2, 0) is 4.79 Å². The Balaban J connectivity index is 2.90. The fraction of sp³-hybridized carbons (Fsp3) is 0.167. The van der Waals surface area contributed by atoms with Gasteiger partial charge in [-0.1, -0.05) is 0 Å². The summed E-state index contributed by atoms with van der Waals surface area (Å²) in [5.41, 5.74) is 0.706. The highest BCUT2D eigenvalue weighted by molar-refractivity contribution is 5.79. The first-order chi connectivity index (χ1) is 8.24. The van der Waals surface area contributed by atoms with Gasteiger partial charge >= 0.3 is 0 Å². The zero-order chi connectivity index (χ0) is 12.7. The monoisotopic (exact) mass is 232 g/mol. The number of carbonyl (C=O) groups excluding carboxylic acids is 1. The highest BCUT2D eigenvalue weighted by Gasteiger charge is 2.03. The van der Waals surface area contributed by atoms with E-state index in [4.69, 9.17) is 14.7 Å². The van der Waals surface area contributed by atoms with E-state index in [1.807, 2.05) is 0 Å². The first-order valence-corrected chi connectivity index (χ1v) is 4.79. The maximum Gasteiger partial charge on any atom is 0.162 e. The number of nitrogens with one attached hydrogen (secondary N) is 1. The molecule has 1 N–H and O–H groups in total. The van der Waals surface area contributed by atoms with Crippen LogP contribution in [-0.4, -0.2) is 20.5 Å². The Hall–Kier alpha value is -2.48. The molecule has 0 aliphatic rings. The predicted molar refractivity (Wildman–Crippen MR) is 62.9 cm³/mol. The lowest BCUT2D eigenvalue weighted by Gasteiger charge is -2.09. The summed E-state index contributed by atoms with van der Waals surface area (Å²) in [6.07, 6.45) is 1.81. The molecule has 0 aromatic heterocycles. The Morgan fingerprint density at radius 2 is 2.06 bits per heavy atom. The van der Waals surface area contributed by atoms with Gasteiger partial charge in [0.15, 0.2) is 17.8 Å². The lowest BCUT2D eigenvalue weighted by atomic mass is 10.2. The third-order valence-electron chi connectivity index (χ3n) is 2.03. The molecule has 1 aromatic rings. The van der Waals surface area contributed by atoms with Gasteiger partial charge in [-0.05, 0) is 12.1 Å². The van der Waals surface area contributed by atoms with Gasteiger partial charge in [-0.25, -0.2) is 0 Å². The summed E-state index contributed by atoms with van der Waals surface area (Å²) in [7, 11) is 3.08. The molecule has 0 spiro atoms. The summed E-state index contributed by atoms with van der Waals surface area (Å²) in [5, 5.41) is 11.4. The van der Waals surface area contributed by atoms with Crippen molar-refractivity contribution in [2.45, 2.75) is 0 Å². The Morgan fingerprint density at radius 3 is 2.59 bits per heavy atom. The van der Waals surface area contributed by atoms with Crippen molar-refractivity contribution in [2.24, 2.45) is 0 Å². The minimum Gasteiger partial charge on any atom is -0.493 e. The van der Waals surface area contributed by atoms with Crippen molar-refractivity contribution in [1.82, 2.24) is 0 Å². The minimum atomic E-state index is 0.0137. The molecule has 0 saturated carbocycles. The predicted octanol–water partition coefficient (Wildman–Crippen LogP) is 1.72. The first-order valence-electron chi connectivity index (χ1n) is 4.79. The van der Waals surface area contributed by atoms with Crippen LogP contribution in [0, 0.1) is 11.3 Å². The number of ether oxygens (including phenoxy) is 2. The van der Waals surface area contributed by atoms with E-state index in [-0.39, 0.29) is 5.57 Å². The Labute approximate surface area is 99.3 Å². The summed E-state index contributed by atoms with van der Waals surface area (Å²) >= 11 is 0. The van der Waals surface area contributed by atoms with Crippen molar-refractivity contribution in [3.05, 3.63) is 30.0 Å². The van der Waals surface area contributed by atoms with Crippen LogP contribution in [0.25, 0.3) is 0 Å². The fourth-order valence-electron chi connectivity index (χ4n) is 1.18. The van der Waals surface area contributed by atoms with Crippen LogP contribution in [0.3, 0.4) is 0 Å². The average molecular weight is 232 g/mol. The summed E-state index contributed by atoms with van der Waals surface area (Å²) in [5.74, 6) is 1.17. The average Bonchev–Trinajstić information content (AvgIpc) is 2.39. The van der Waals surface area contributed by atoms with Crippen molar-refractivity contribution in [3.63, 3.8) is 0 Å². The number of methoxy groups -OCH3 is 2. The molecule has 0 unspecified atom stereocenters. The van der Waals surface area contributed by atoms with Crippen molar-refractivity contribution < 1.29 is 14.3 Å². The van der Waals surface area contributed by atoms with Crippen LogP contribution in [0.4, 0.5) is 5.69 Å². The van der Waals surface area contributed by atoms with E-state index in [9.17, 15) is 4.79 Å². The van der Waals surface area contributed by atoms with Crippen LogP contribution < -0.4 is 14.8 Å². The number of aldehydes is 1. The largest absolute Gasteiger partial charge is 0.493 e. The zero-order valence-corrected chi connectivity index (χ0v) is 9.56. The van der Waals surface area contributed by atoms with Gasteiger partial charge in [0.2, 0.25) is 0 Å². The number of allylic oxidation sites excluding steroid dienone is 1. The second-order valence-corrected chi connectivity index (χ2v) is 3.04. The Morgan fingerprint density at radius 1 is 1.35 bits per heavy atom. The Bertz CT molecular complexity index is 475. The van der Waals surface area contributed by atoms with Gasteiger partial charge in [0.05, 0.1) is 14.2 Å². The van der Waals surface area contributed by atoms with Gasteiger partial charge in [-0.15, -0.1) is 0 Å². The van der Waals surface area contributed by atoms with Crippen LogP contribution in [0.1, 0.15) is 0 Å². The van der Waals surface area contributed by atoms with E-state index in [0.29, 0.717) is 23.5 Å². The lowest BCUT2D eigenvalue weighted by molar-refractivity contribution is -0.104. The number of carbonyl (C=O) groups is 1. The molecule has 0 saturated heterocycles. The number of rotatable bonds is 5. The van der Waals surface area contributed by atoms with Gasteiger partial charge in [0, 0.05) is 18.0 Å². The van der Waals surface area contributed by atoms with E-state index in [2.05, 4.69) is 5.32 Å². The second kappa shape index (κ2) is 6.18. The SMILES string of the molecule is COc1ccc(N/C=C(/C#N)C=O)cc1OC. The van der Waals surface area contributed by atoms with E-state index in [1.54, 1.807) is 31.4 Å². The summed E-state index contributed by atoms with van der Waals surface area (Å²) < 4.78 is 10.2. The third-order valence-corrected chi connectivity index (χ3v) is 2.03. The standard InChI is InChI=1S/C12H12N2O3/c1-16-11-4-3-10(5-12(11)17-2)14-7-9(6-13)8-15/h3-5,7-8,14H,1-2H3/b9-7-. The molecule has 0 aliphatic heterocycles. The van der Waals surface area contributed by atoms with Crippen molar-refractivity contribution in [1.29, 1.82) is 5.26 Å². The van der Waals surface area contributed by atoms with Crippen LogP contribution in [0.2, 0.25) is 0 Å². The van der Waals surface area contributed by atoms with E-state index in [0.717, 1.165) is 0 Å². The molecule has 5 heteroatoms. The number of nitriles is 1. The minimum absolute atomic E-state index is 0.0137. The van der Waals surface area contributed by atoms with E-state index < -0.39 is 0 Å². The second-order valence-electron chi connectivity index (χ2n) is 3.04. The lowest BCUT2D eigenvalue weighted by Crippen LogP contribution is -1.94. The topological polar surface area (TPSA) is 71.3 Å². The maximum absolute atomic E-state index is 10.4. The van der Waals surface area contributed by atoms with Gasteiger partial charge in [-0.2, -0.15) is 5.26 Å². The quantitative estimate of drug-likeness (QED) is 0.475. The Kier molecular flexibility index (Phi) is 4.58. The molecule has 0 atom stereocenters. The van der Waals surface area contributed by atoms with Gasteiger partial charge in [0.25, 0.3) is 0 Å². The van der Waals surface area contributed by atoms with Gasteiger partial charge < -0.3 is 14.8 Å². The molecule has 0 amide bonds. The molecule has 0 heterocycles. The van der Waals surface area contributed by atoms with Crippen molar-refractivity contribution >= 4 is 12.0 Å². The molecule has 0 bridgehead atoms. The molecule has 0 aliphatic carbocycles. The number of nitrogens with zero attached hydrogens (tertiary/aromatic N) is 1. The summed E-state index contributed by atoms with van der Waals surface area (Å²) in [6.45, 7) is 0. The highest BCUT2D eigenvalue weighted by Crippen LogP contribution is 2.29. The number of hydrogen-bond acceptors (Lipinski definition) is 5. The molecule has 1 aromatic carbocycles. The maximum atomic E-state index is 10.4. The van der Waals surface area contributed by atoms with Gasteiger partial charge in [0.1, 0.15) is 11.6 Å². The molecule has 88 valence electrons. The molecule has 0 radical (unpaired) electrons. The molecular weight excluding hydrogens is 220 g/mol. The van der Waals surface area contributed by atoms with Crippen LogP contribution in [0.15, 0.2) is 30.0 Å². The molecule has 17 heavy (non-hydrogen) atoms. The smallest absolute Gasteiger partial charge is 0.162 e. The van der Waals surface area contributed by atoms with Crippen LogP contribution >= 0.6 is 0 Å². The normalized spacial score (nSPS) is 10.3. The van der Waals surface area contributed by atoms with Crippen LogP contribution in [0.5, 0.6) is 11.5 Å². The summed E-state index contributed by atoms with van der Waals surface area (Å²) in [6, 6.07) is 6.92. The van der Waals surface area contributed by atoms with Crippen molar-refractivity contribution in [3.8, 4) is 17.6 Å². The first kappa shape index (κ1) is 12.6. The number of anilines is 1. The molecule has 1 rings (SSSR count). The molecule has 5 nitrogen and oxygen atoms in total.